The zero-order valence-electron chi connectivity index (χ0n) is 10.2. The molecule has 0 aromatic heterocycles. The van der Waals surface area contributed by atoms with Crippen molar-refractivity contribution in [3.8, 4) is 12.1 Å². The standard InChI is InChI=1S/C15H18N2/c16-10-13(11-17)15-9-5-4-8-14(15)12-6-2-1-3-7-12/h6,14H,1-5,7-9H2. The molecular formula is C15H18N2. The van der Waals surface area contributed by atoms with Crippen LogP contribution in [-0.4, -0.2) is 0 Å². The van der Waals surface area contributed by atoms with Crippen LogP contribution in [0.15, 0.2) is 22.8 Å². The zero-order chi connectivity index (χ0) is 12.1. The first kappa shape index (κ1) is 11.9. The highest BCUT2D eigenvalue weighted by Crippen LogP contribution is 2.39. The molecule has 0 amide bonds. The maximum absolute atomic E-state index is 9.04. The molecule has 2 aliphatic rings. The summed E-state index contributed by atoms with van der Waals surface area (Å²) in [6, 6.07) is 4.16. The fraction of sp³-hybridized carbons (Fsp3) is 0.600. The van der Waals surface area contributed by atoms with Crippen molar-refractivity contribution in [2.45, 2.75) is 51.4 Å². The lowest BCUT2D eigenvalue weighted by atomic mass is 9.75. The molecule has 2 nitrogen and oxygen atoms in total. The van der Waals surface area contributed by atoms with Crippen molar-refractivity contribution in [3.63, 3.8) is 0 Å². The van der Waals surface area contributed by atoms with E-state index in [9.17, 15) is 0 Å². The molecule has 0 radical (unpaired) electrons. The van der Waals surface area contributed by atoms with Crippen LogP contribution in [0.1, 0.15) is 51.4 Å². The Morgan fingerprint density at radius 2 is 1.82 bits per heavy atom. The van der Waals surface area contributed by atoms with E-state index in [1.54, 1.807) is 0 Å². The first-order valence-electron chi connectivity index (χ1n) is 6.59. The highest BCUT2D eigenvalue weighted by molar-refractivity contribution is 5.44. The highest BCUT2D eigenvalue weighted by atomic mass is 14.3. The first-order chi connectivity index (χ1) is 8.36. The lowest BCUT2D eigenvalue weighted by Gasteiger charge is -2.29. The summed E-state index contributed by atoms with van der Waals surface area (Å²) in [6.45, 7) is 0. The molecule has 17 heavy (non-hydrogen) atoms. The molecule has 0 spiro atoms. The molecule has 0 bridgehead atoms. The van der Waals surface area contributed by atoms with Crippen molar-refractivity contribution >= 4 is 0 Å². The predicted molar refractivity (Wildman–Crippen MR) is 66.8 cm³/mol. The van der Waals surface area contributed by atoms with Gasteiger partial charge in [0.05, 0.1) is 0 Å². The van der Waals surface area contributed by atoms with Gasteiger partial charge in [-0.25, -0.2) is 0 Å². The van der Waals surface area contributed by atoms with E-state index in [-0.39, 0.29) is 0 Å². The molecule has 0 aromatic rings. The van der Waals surface area contributed by atoms with Crippen molar-refractivity contribution in [2.24, 2.45) is 5.92 Å². The van der Waals surface area contributed by atoms with Gasteiger partial charge in [0.2, 0.25) is 0 Å². The summed E-state index contributed by atoms with van der Waals surface area (Å²) in [5.74, 6) is 0.401. The third-order valence-electron chi connectivity index (χ3n) is 3.93. The Labute approximate surface area is 103 Å². The summed E-state index contributed by atoms with van der Waals surface area (Å²) in [6.07, 6.45) is 11.7. The number of hydrogen-bond acceptors (Lipinski definition) is 2. The third kappa shape index (κ3) is 2.59. The van der Waals surface area contributed by atoms with Gasteiger partial charge in [0.15, 0.2) is 0 Å². The van der Waals surface area contributed by atoms with E-state index < -0.39 is 0 Å². The number of nitriles is 2. The Hall–Kier alpha value is -1.54. The minimum absolute atomic E-state index is 0.376. The molecule has 1 atom stereocenters. The van der Waals surface area contributed by atoms with Crippen LogP contribution in [0.5, 0.6) is 0 Å². The van der Waals surface area contributed by atoms with Crippen molar-refractivity contribution in [1.82, 2.24) is 0 Å². The van der Waals surface area contributed by atoms with Crippen LogP contribution in [0.3, 0.4) is 0 Å². The molecule has 2 aliphatic carbocycles. The molecule has 0 saturated heterocycles. The van der Waals surface area contributed by atoms with Crippen molar-refractivity contribution in [2.75, 3.05) is 0 Å². The van der Waals surface area contributed by atoms with Crippen LogP contribution in [-0.2, 0) is 0 Å². The summed E-state index contributed by atoms with van der Waals surface area (Å²) in [7, 11) is 0. The average Bonchev–Trinajstić information content (AvgIpc) is 2.42. The third-order valence-corrected chi connectivity index (χ3v) is 3.93. The number of allylic oxidation sites excluding steroid dienone is 4. The van der Waals surface area contributed by atoms with E-state index in [1.165, 1.54) is 31.3 Å². The topological polar surface area (TPSA) is 47.6 Å². The summed E-state index contributed by atoms with van der Waals surface area (Å²) in [5.41, 5.74) is 2.99. The van der Waals surface area contributed by atoms with Gasteiger partial charge in [0.1, 0.15) is 17.7 Å². The minimum Gasteiger partial charge on any atom is -0.192 e. The van der Waals surface area contributed by atoms with Gasteiger partial charge in [-0.2, -0.15) is 10.5 Å². The molecule has 1 saturated carbocycles. The maximum atomic E-state index is 9.04. The van der Waals surface area contributed by atoms with Gasteiger partial charge in [0.25, 0.3) is 0 Å². The lowest BCUT2D eigenvalue weighted by molar-refractivity contribution is 0.475. The van der Waals surface area contributed by atoms with Crippen LogP contribution in [0.25, 0.3) is 0 Å². The summed E-state index contributed by atoms with van der Waals surface area (Å²) >= 11 is 0. The van der Waals surface area contributed by atoms with Gasteiger partial charge < -0.3 is 0 Å². The normalized spacial score (nSPS) is 24.5. The van der Waals surface area contributed by atoms with Crippen molar-refractivity contribution in [1.29, 1.82) is 10.5 Å². The van der Waals surface area contributed by atoms with Gasteiger partial charge in [-0.3, -0.25) is 0 Å². The molecule has 1 unspecified atom stereocenters. The van der Waals surface area contributed by atoms with Crippen LogP contribution < -0.4 is 0 Å². The van der Waals surface area contributed by atoms with Gasteiger partial charge in [0, 0.05) is 5.92 Å². The molecule has 0 heterocycles. The monoisotopic (exact) mass is 226 g/mol. The molecule has 0 aliphatic heterocycles. The van der Waals surface area contributed by atoms with Crippen molar-refractivity contribution in [3.05, 3.63) is 22.8 Å². The van der Waals surface area contributed by atoms with Crippen molar-refractivity contribution < 1.29 is 0 Å². The first-order valence-corrected chi connectivity index (χ1v) is 6.59. The largest absolute Gasteiger partial charge is 0.192 e. The SMILES string of the molecule is N#CC(C#N)=C1CCCCC1C1=CCCCC1. The van der Waals surface area contributed by atoms with E-state index in [0.717, 1.165) is 31.3 Å². The number of nitrogens with zero attached hydrogens (tertiary/aromatic N) is 2. The van der Waals surface area contributed by atoms with Crippen LogP contribution >= 0.6 is 0 Å². The quantitative estimate of drug-likeness (QED) is 0.500. The van der Waals surface area contributed by atoms with Gasteiger partial charge in [-0.1, -0.05) is 18.1 Å². The fourth-order valence-corrected chi connectivity index (χ4v) is 3.07. The molecular weight excluding hydrogens is 208 g/mol. The van der Waals surface area contributed by atoms with Gasteiger partial charge in [-0.05, 0) is 50.5 Å². The maximum Gasteiger partial charge on any atom is 0.129 e. The van der Waals surface area contributed by atoms with Crippen LogP contribution in [0.4, 0.5) is 0 Å². The number of rotatable bonds is 1. The van der Waals surface area contributed by atoms with E-state index in [4.69, 9.17) is 10.5 Å². The van der Waals surface area contributed by atoms with E-state index in [0.29, 0.717) is 11.5 Å². The molecule has 2 rings (SSSR count). The second kappa shape index (κ2) is 5.69. The van der Waals surface area contributed by atoms with Gasteiger partial charge in [-0.15, -0.1) is 0 Å². The second-order valence-corrected chi connectivity index (χ2v) is 4.95. The second-order valence-electron chi connectivity index (χ2n) is 4.95. The Bertz CT molecular complexity index is 413. The molecule has 88 valence electrons. The summed E-state index contributed by atoms with van der Waals surface area (Å²) in [4.78, 5) is 0. The molecule has 1 fully saturated rings. The predicted octanol–water partition coefficient (Wildman–Crippen LogP) is 4.02. The Morgan fingerprint density at radius 1 is 1.06 bits per heavy atom. The Kier molecular flexibility index (Phi) is 3.99. The smallest absolute Gasteiger partial charge is 0.129 e. The summed E-state index contributed by atoms with van der Waals surface area (Å²) in [5, 5.41) is 18.1. The highest BCUT2D eigenvalue weighted by Gasteiger charge is 2.26. The molecule has 2 heteroatoms. The average molecular weight is 226 g/mol. The fourth-order valence-electron chi connectivity index (χ4n) is 3.07. The molecule has 0 aromatic carbocycles. The molecule has 0 N–H and O–H groups in total. The summed E-state index contributed by atoms with van der Waals surface area (Å²) < 4.78 is 0. The number of hydrogen-bond donors (Lipinski definition) is 0. The van der Waals surface area contributed by atoms with Gasteiger partial charge >= 0.3 is 0 Å². The Balaban J connectivity index is 2.30. The van der Waals surface area contributed by atoms with E-state index in [2.05, 4.69) is 18.2 Å². The van der Waals surface area contributed by atoms with E-state index >= 15 is 0 Å². The Morgan fingerprint density at radius 3 is 2.47 bits per heavy atom. The van der Waals surface area contributed by atoms with Crippen LogP contribution in [0.2, 0.25) is 0 Å². The van der Waals surface area contributed by atoms with E-state index in [1.807, 2.05) is 0 Å². The minimum atomic E-state index is 0.376. The zero-order valence-corrected chi connectivity index (χ0v) is 10.2. The lowest BCUT2D eigenvalue weighted by Crippen LogP contribution is -2.15. The van der Waals surface area contributed by atoms with Crippen LogP contribution in [0, 0.1) is 28.6 Å².